The Bertz CT molecular complexity index is 1610. The lowest BCUT2D eigenvalue weighted by Gasteiger charge is -2.38. The van der Waals surface area contributed by atoms with E-state index in [2.05, 4.69) is 21.6 Å². The molecule has 10 nitrogen and oxygen atoms in total. The van der Waals surface area contributed by atoms with Crippen molar-refractivity contribution in [2.24, 2.45) is 5.73 Å². The molecule has 2 aliphatic rings. The molecule has 1 unspecified atom stereocenters. The van der Waals surface area contributed by atoms with Crippen molar-refractivity contribution in [3.63, 3.8) is 0 Å². The molecule has 1 amide bonds. The Morgan fingerprint density at radius 3 is 2.58 bits per heavy atom. The third-order valence-corrected chi connectivity index (χ3v) is 8.62. The maximum absolute atomic E-state index is 13.3. The van der Waals surface area contributed by atoms with Crippen LogP contribution in [0.4, 0.5) is 10.8 Å². The number of benzene rings is 2. The lowest BCUT2D eigenvalue weighted by molar-refractivity contribution is -0.116. The normalized spacial score (nSPS) is 16.7. The van der Waals surface area contributed by atoms with Crippen molar-refractivity contribution in [2.75, 3.05) is 23.1 Å². The standard InChI is InChI=1S/C28H23N7O3S2/c1-38-19-11-7-17(8-12-19)24-20(14-30)26(31)35(21-3-2-4-22(36)25(21)24)27-33-34-28(40-27)39-15-23(37)32-18-9-5-16(13-29)6-10-18/h5-12,24H,2-4,15,31H2,1H3,(H,32,37). The van der Waals surface area contributed by atoms with Crippen molar-refractivity contribution in [3.8, 4) is 17.9 Å². The second-order valence-corrected chi connectivity index (χ2v) is 11.1. The van der Waals surface area contributed by atoms with Gasteiger partial charge in [-0.2, -0.15) is 10.5 Å². The highest BCUT2D eigenvalue weighted by atomic mass is 32.2. The summed E-state index contributed by atoms with van der Waals surface area (Å²) in [6.45, 7) is 0. The molecular formula is C28H23N7O3S2. The second-order valence-electron chi connectivity index (χ2n) is 8.97. The molecule has 1 atom stereocenters. The van der Waals surface area contributed by atoms with Crippen molar-refractivity contribution in [3.05, 3.63) is 82.3 Å². The largest absolute Gasteiger partial charge is 0.497 e. The Morgan fingerprint density at radius 1 is 1.15 bits per heavy atom. The third-order valence-electron chi connectivity index (χ3n) is 6.57. The zero-order valence-corrected chi connectivity index (χ0v) is 23.0. The molecule has 3 N–H and O–H groups in total. The molecule has 0 fully saturated rings. The maximum atomic E-state index is 13.3. The van der Waals surface area contributed by atoms with E-state index in [0.717, 1.165) is 11.3 Å². The van der Waals surface area contributed by atoms with Crippen LogP contribution in [0.2, 0.25) is 0 Å². The number of methoxy groups -OCH3 is 1. The number of thioether (sulfide) groups is 1. The highest BCUT2D eigenvalue weighted by Crippen LogP contribution is 2.47. The maximum Gasteiger partial charge on any atom is 0.234 e. The van der Waals surface area contributed by atoms with E-state index >= 15 is 0 Å². The number of nitrogens with zero attached hydrogens (tertiary/aromatic N) is 5. The predicted molar refractivity (Wildman–Crippen MR) is 151 cm³/mol. The van der Waals surface area contributed by atoms with Crippen molar-refractivity contribution in [2.45, 2.75) is 29.5 Å². The van der Waals surface area contributed by atoms with E-state index in [4.69, 9.17) is 15.7 Å². The second kappa shape index (κ2) is 11.6. The Hall–Kier alpha value is -4.65. The minimum Gasteiger partial charge on any atom is -0.497 e. The smallest absolute Gasteiger partial charge is 0.234 e. The van der Waals surface area contributed by atoms with Gasteiger partial charge in [-0.3, -0.25) is 14.5 Å². The van der Waals surface area contributed by atoms with Gasteiger partial charge < -0.3 is 15.8 Å². The molecule has 0 spiro atoms. The van der Waals surface area contributed by atoms with Gasteiger partial charge in [-0.05, 0) is 54.8 Å². The van der Waals surface area contributed by atoms with Gasteiger partial charge in [0.05, 0.1) is 42.1 Å². The van der Waals surface area contributed by atoms with E-state index in [0.29, 0.717) is 51.3 Å². The lowest BCUT2D eigenvalue weighted by Crippen LogP contribution is -2.38. The van der Waals surface area contributed by atoms with Crippen molar-refractivity contribution in [1.82, 2.24) is 10.2 Å². The van der Waals surface area contributed by atoms with Crippen LogP contribution in [0.15, 0.2) is 75.5 Å². The number of aromatic nitrogens is 2. The Kier molecular flexibility index (Phi) is 7.82. The number of ketones is 1. The van der Waals surface area contributed by atoms with Gasteiger partial charge in [-0.25, -0.2) is 0 Å². The summed E-state index contributed by atoms with van der Waals surface area (Å²) >= 11 is 2.45. The van der Waals surface area contributed by atoms with Gasteiger partial charge in [-0.1, -0.05) is 35.2 Å². The molecule has 40 heavy (non-hydrogen) atoms. The SMILES string of the molecule is COc1ccc(C2C(C#N)=C(N)N(c3nnc(SCC(=O)Nc4ccc(C#N)cc4)s3)C3=C2C(=O)CCC3)cc1. The van der Waals surface area contributed by atoms with E-state index in [-0.39, 0.29) is 28.8 Å². The van der Waals surface area contributed by atoms with Crippen LogP contribution in [0.25, 0.3) is 0 Å². The molecule has 0 saturated heterocycles. The summed E-state index contributed by atoms with van der Waals surface area (Å²) in [5.41, 5.74) is 10.0. The zero-order valence-electron chi connectivity index (χ0n) is 21.4. The highest BCUT2D eigenvalue weighted by molar-refractivity contribution is 8.01. The predicted octanol–water partition coefficient (Wildman–Crippen LogP) is 4.45. The summed E-state index contributed by atoms with van der Waals surface area (Å²) < 4.78 is 5.81. The number of carbonyl (C=O) groups is 2. The molecule has 0 saturated carbocycles. The van der Waals surface area contributed by atoms with Crippen LogP contribution in [0.1, 0.15) is 36.3 Å². The number of nitriles is 2. The van der Waals surface area contributed by atoms with Gasteiger partial charge in [0.25, 0.3) is 0 Å². The minimum absolute atomic E-state index is 0.0223. The molecule has 1 aromatic heterocycles. The van der Waals surface area contributed by atoms with Crippen LogP contribution in [-0.4, -0.2) is 34.8 Å². The molecule has 1 aliphatic heterocycles. The lowest BCUT2D eigenvalue weighted by atomic mass is 9.76. The number of anilines is 2. The van der Waals surface area contributed by atoms with Gasteiger partial charge in [0.2, 0.25) is 11.0 Å². The van der Waals surface area contributed by atoms with Gasteiger partial charge >= 0.3 is 0 Å². The Morgan fingerprint density at radius 2 is 1.90 bits per heavy atom. The fourth-order valence-corrected chi connectivity index (χ4v) is 6.42. The number of allylic oxidation sites excluding steroid dienone is 3. The van der Waals surface area contributed by atoms with Crippen LogP contribution >= 0.6 is 23.1 Å². The molecule has 5 rings (SSSR count). The number of hydrogen-bond acceptors (Lipinski definition) is 11. The molecule has 12 heteroatoms. The van der Waals surface area contributed by atoms with Gasteiger partial charge in [0.15, 0.2) is 10.1 Å². The van der Waals surface area contributed by atoms with E-state index in [9.17, 15) is 14.9 Å². The first-order chi connectivity index (χ1) is 19.4. The number of amides is 1. The number of ether oxygens (including phenoxy) is 1. The average Bonchev–Trinajstić information content (AvgIpc) is 3.44. The summed E-state index contributed by atoms with van der Waals surface area (Å²) in [4.78, 5) is 27.4. The van der Waals surface area contributed by atoms with E-state index in [1.54, 1.807) is 48.4 Å². The Balaban J connectivity index is 1.39. The first kappa shape index (κ1) is 26.9. The molecule has 2 heterocycles. The first-order valence-corrected chi connectivity index (χ1v) is 14.1. The minimum atomic E-state index is -0.581. The van der Waals surface area contributed by atoms with Gasteiger partial charge in [0, 0.05) is 23.4 Å². The van der Waals surface area contributed by atoms with Crippen LogP contribution < -0.4 is 20.7 Å². The van der Waals surface area contributed by atoms with E-state index in [1.807, 2.05) is 18.2 Å². The molecular weight excluding hydrogens is 546 g/mol. The first-order valence-electron chi connectivity index (χ1n) is 12.3. The monoisotopic (exact) mass is 569 g/mol. The molecule has 0 bridgehead atoms. The summed E-state index contributed by atoms with van der Waals surface area (Å²) in [5.74, 6) is 0.137. The molecule has 2 aromatic carbocycles. The van der Waals surface area contributed by atoms with Crippen molar-refractivity contribution in [1.29, 1.82) is 10.5 Å². The van der Waals surface area contributed by atoms with Crippen LogP contribution in [0.5, 0.6) is 5.75 Å². The van der Waals surface area contributed by atoms with Crippen LogP contribution in [-0.2, 0) is 9.59 Å². The third kappa shape index (κ3) is 5.27. The highest BCUT2D eigenvalue weighted by Gasteiger charge is 2.41. The number of Topliss-reactive ketones (excluding diaryl/α,β-unsaturated/α-hetero) is 1. The quantitative estimate of drug-likeness (QED) is 0.389. The number of rotatable bonds is 7. The molecule has 0 radical (unpaired) electrons. The summed E-state index contributed by atoms with van der Waals surface area (Å²) in [7, 11) is 1.58. The number of carbonyl (C=O) groups excluding carboxylic acids is 2. The summed E-state index contributed by atoms with van der Waals surface area (Å²) in [6, 6.07) is 18.1. The Labute approximate surface area is 238 Å². The van der Waals surface area contributed by atoms with Crippen LogP contribution in [0, 0.1) is 22.7 Å². The number of nitrogens with two attached hydrogens (primary N) is 1. The fourth-order valence-electron chi connectivity index (χ4n) is 4.74. The van der Waals surface area contributed by atoms with E-state index < -0.39 is 5.92 Å². The van der Waals surface area contributed by atoms with Crippen LogP contribution in [0.3, 0.4) is 0 Å². The number of hydrogen-bond donors (Lipinski definition) is 2. The molecule has 3 aromatic rings. The van der Waals surface area contributed by atoms with Gasteiger partial charge in [0.1, 0.15) is 11.6 Å². The zero-order chi connectivity index (χ0) is 28.2. The summed E-state index contributed by atoms with van der Waals surface area (Å²) in [5, 5.41) is 30.8. The van der Waals surface area contributed by atoms with Crippen molar-refractivity contribution >= 4 is 45.6 Å². The van der Waals surface area contributed by atoms with E-state index in [1.165, 1.54) is 23.1 Å². The number of nitrogens with one attached hydrogen (secondary N) is 1. The fraction of sp³-hybridized carbons (Fsp3) is 0.214. The van der Waals surface area contributed by atoms with Crippen molar-refractivity contribution < 1.29 is 14.3 Å². The summed E-state index contributed by atoms with van der Waals surface area (Å²) in [6.07, 6.45) is 1.65. The van der Waals surface area contributed by atoms with Gasteiger partial charge in [-0.15, -0.1) is 10.2 Å². The molecule has 200 valence electrons. The topological polar surface area (TPSA) is 158 Å². The average molecular weight is 570 g/mol. The molecule has 1 aliphatic carbocycles.